The standard InChI is InChI=1S/C12H16O3.C12H16O2.C12H18O.C9H16O3.C9H18O2.C9H18OS.C8H16O2.C7H14O3.C7H14O2.C7H16O.C7H14O.C6H14O.6CH4/c1-8(2)11(12(14)15)7-9-3-5-10(13)6-4-9;1-9(2)11(12(13)14)8-10-6-4-3-5-7-10;1-9(2)12(10(3)13)11-7-5-4-6-8-11;1-6(2)8(7(3)10)4-5-9(11)12;1-6(2)5-8(7(3)4)9(10)11;1-7(2)9(8(3)10)5-6-11-4;1-5(2)7(6(3)4)8(9)10;1-4(2)6(5(3)8)7(9)10;1-5(2)7(4-8)6(3)9;1-6(2)4-5-7(3)8;1-5(2)6(3)7(4)8;1-5(2)4-6(3)7;;;;;;/h3-6,8,11,13H,7H2,1-2H3,(H,14,15);3-7,9,11H,8H2,1-2H3,(H,13,14);4-10,12-13H,1-3H3;6,8,10H,3-5H2,1-2H3,(H,11,12);6-8H,5H2,1-4H3,(H,10,11);7,9-10H,3,5-6H2,1-2,4H3;5-7H,1-4H3,(H,9,10);4-6,8H,1-3H3,(H,9,10);5,7-9H,3-4H2,1-2H3;6-8H,4-5H2,1-3H3;5-6,8H,4H2,1-3H3;5-7H,4H2,1-3H3;6*1H4. The number of hydrogen-bond acceptors (Lipinski definition) is 17. The van der Waals surface area contributed by atoms with Gasteiger partial charge in [0.15, 0.2) is 0 Å². The third kappa shape index (κ3) is 93.6. The molecule has 0 aliphatic carbocycles. The molecule has 0 saturated heterocycles. The maximum Gasteiger partial charge on any atom is 0.309 e. The van der Waals surface area contributed by atoms with E-state index in [4.69, 9.17) is 71.5 Å². The second-order valence-corrected chi connectivity index (χ2v) is 39.6. The van der Waals surface area contributed by atoms with Crippen LogP contribution in [0.5, 0.6) is 5.75 Å². The van der Waals surface area contributed by atoms with Crippen LogP contribution in [-0.2, 0) is 41.6 Å². The molecule has 0 aromatic heterocycles. The molecule has 3 aromatic carbocycles. The molecule has 796 valence electrons. The Labute approximate surface area is 826 Å². The minimum atomic E-state index is -0.926. The van der Waals surface area contributed by atoms with Crippen LogP contribution in [-0.4, -0.2) is 161 Å². The molecule has 0 aliphatic heterocycles. The number of carboxylic acid groups (broad SMARTS) is 6. The van der Waals surface area contributed by atoms with Crippen molar-refractivity contribution in [2.24, 2.45) is 136 Å². The van der Waals surface area contributed by atoms with Crippen molar-refractivity contribution in [1.29, 1.82) is 0 Å². The van der Waals surface area contributed by atoms with E-state index >= 15 is 0 Å². The smallest absolute Gasteiger partial charge is 0.309 e. The number of rotatable bonds is 41. The Morgan fingerprint density at radius 3 is 0.799 bits per heavy atom. The first-order chi connectivity index (χ1) is 58.5. The van der Waals surface area contributed by atoms with E-state index in [0.29, 0.717) is 60.4 Å². The molecule has 3 aromatic rings. The lowest BCUT2D eigenvalue weighted by Crippen LogP contribution is -2.30. The molecule has 13 unspecified atom stereocenters. The van der Waals surface area contributed by atoms with Gasteiger partial charge in [0, 0.05) is 36.0 Å². The average molecular weight is 1930 g/mol. The number of allylic oxidation sites excluding steroid dienone is 3. The highest BCUT2D eigenvalue weighted by atomic mass is 32.2. The summed E-state index contributed by atoms with van der Waals surface area (Å²) in [4.78, 5) is 63.8. The van der Waals surface area contributed by atoms with E-state index in [1.54, 1.807) is 38.1 Å². The van der Waals surface area contributed by atoms with Crippen LogP contribution in [0.4, 0.5) is 0 Å². The first-order valence-corrected chi connectivity index (χ1v) is 47.5. The Balaban J connectivity index is -0.0000000888. The fraction of sp³-hybridized carbons (Fsp3) is 0.712. The summed E-state index contributed by atoms with van der Waals surface area (Å²) in [6, 6.07) is 26.6. The van der Waals surface area contributed by atoms with Crippen molar-refractivity contribution in [3.63, 3.8) is 0 Å². The third-order valence-corrected chi connectivity index (χ3v) is 21.8. The minimum absolute atomic E-state index is 0. The number of aromatic hydroxyl groups is 1. The molecule has 0 radical (unpaired) electrons. The quantitative estimate of drug-likeness (QED) is 0.0235. The summed E-state index contributed by atoms with van der Waals surface area (Å²) in [5.74, 6) is 1.16. The molecule has 13 atom stereocenters. The van der Waals surface area contributed by atoms with Gasteiger partial charge in [0.2, 0.25) is 0 Å². The maximum absolute atomic E-state index is 11.0. The topological polar surface area (TPSA) is 426 Å². The van der Waals surface area contributed by atoms with Gasteiger partial charge in [-0.1, -0.05) is 344 Å². The van der Waals surface area contributed by atoms with Crippen LogP contribution >= 0.6 is 11.8 Å². The number of benzene rings is 3. The van der Waals surface area contributed by atoms with Gasteiger partial charge < -0.3 is 81.7 Å². The number of aliphatic carboxylic acids is 6. The number of thioether (sulfide) groups is 1. The number of carboxylic acids is 6. The van der Waals surface area contributed by atoms with Crippen molar-refractivity contribution in [2.75, 3.05) is 18.6 Å². The summed E-state index contributed by atoms with van der Waals surface area (Å²) in [5, 5.41) is 142. The number of aliphatic hydroxyl groups excluding tert-OH is 9. The summed E-state index contributed by atoms with van der Waals surface area (Å²) in [6.07, 6.45) is 7.29. The lowest BCUT2D eigenvalue weighted by molar-refractivity contribution is -0.148. The number of phenols is 1. The molecule has 23 heteroatoms. The summed E-state index contributed by atoms with van der Waals surface area (Å²) < 4.78 is 0. The highest BCUT2D eigenvalue weighted by Crippen LogP contribution is 2.30. The van der Waals surface area contributed by atoms with E-state index < -0.39 is 47.8 Å². The maximum atomic E-state index is 11.0. The third-order valence-electron chi connectivity index (χ3n) is 21.1. The normalized spacial score (nSPS) is 13.2. The van der Waals surface area contributed by atoms with E-state index in [9.17, 15) is 39.0 Å². The predicted molar refractivity (Wildman–Crippen MR) is 574 cm³/mol. The van der Waals surface area contributed by atoms with Crippen LogP contribution in [0.15, 0.2) is 134 Å². The first kappa shape index (κ1) is 160. The van der Waals surface area contributed by atoms with Crippen LogP contribution in [0.1, 0.15) is 341 Å². The molecule has 0 bridgehead atoms. The summed E-state index contributed by atoms with van der Waals surface area (Å²) in [7, 11) is 0. The van der Waals surface area contributed by atoms with Crippen molar-refractivity contribution >= 4 is 47.6 Å². The van der Waals surface area contributed by atoms with Gasteiger partial charge in [0.25, 0.3) is 0 Å². The average Bonchev–Trinajstić information content (AvgIpc) is 0.870. The Hall–Kier alpha value is -7.41. The Morgan fingerprint density at radius 1 is 0.313 bits per heavy atom. The minimum Gasteiger partial charge on any atom is -0.513 e. The van der Waals surface area contributed by atoms with Crippen molar-refractivity contribution in [3.8, 4) is 5.75 Å². The Kier molecular flexibility index (Phi) is 112. The molecule has 0 aliphatic rings. The van der Waals surface area contributed by atoms with Gasteiger partial charge in [0.05, 0.1) is 83.6 Å². The zero-order valence-corrected chi connectivity index (χ0v) is 86.7. The number of hydrogen-bond donors (Lipinski definition) is 16. The van der Waals surface area contributed by atoms with E-state index in [1.807, 2.05) is 185 Å². The van der Waals surface area contributed by atoms with Crippen LogP contribution in [0.25, 0.3) is 0 Å². The Bertz CT molecular complexity index is 3200. The van der Waals surface area contributed by atoms with Crippen molar-refractivity contribution in [2.45, 2.75) is 361 Å². The van der Waals surface area contributed by atoms with Gasteiger partial charge in [-0.2, -0.15) is 11.8 Å². The first-order valence-electron chi connectivity index (χ1n) is 46.1. The molecular weight excluding hydrogens is 1720 g/mol. The molecule has 0 saturated carbocycles. The summed E-state index contributed by atoms with van der Waals surface area (Å²) in [5.41, 5.74) is 3.26. The Morgan fingerprint density at radius 2 is 0.634 bits per heavy atom. The molecule has 22 nitrogen and oxygen atoms in total. The van der Waals surface area contributed by atoms with Crippen LogP contribution < -0.4 is 0 Å². The highest BCUT2D eigenvalue weighted by molar-refractivity contribution is 7.98. The second kappa shape index (κ2) is 93.2. The van der Waals surface area contributed by atoms with Crippen molar-refractivity contribution < 1.29 is 110 Å². The van der Waals surface area contributed by atoms with Crippen LogP contribution in [0.3, 0.4) is 0 Å². The summed E-state index contributed by atoms with van der Waals surface area (Å²) in [6.45, 7) is 78.7. The molecule has 3 rings (SSSR count). The lowest BCUT2D eigenvalue weighted by atomic mass is 9.85. The zero-order chi connectivity index (χ0) is 103. The zero-order valence-electron chi connectivity index (χ0n) is 85.9. The van der Waals surface area contributed by atoms with E-state index in [0.717, 1.165) is 54.9 Å². The van der Waals surface area contributed by atoms with Gasteiger partial charge in [-0.15, -0.1) is 0 Å². The lowest BCUT2D eigenvalue weighted by Gasteiger charge is -2.24. The van der Waals surface area contributed by atoms with Gasteiger partial charge >= 0.3 is 35.8 Å². The van der Waals surface area contributed by atoms with Crippen LogP contribution in [0.2, 0.25) is 0 Å². The van der Waals surface area contributed by atoms with Gasteiger partial charge in [-0.25, -0.2) is 0 Å². The van der Waals surface area contributed by atoms with E-state index in [2.05, 4.69) is 128 Å². The molecule has 134 heavy (non-hydrogen) atoms. The fourth-order valence-corrected chi connectivity index (χ4v) is 13.5. The van der Waals surface area contributed by atoms with Crippen molar-refractivity contribution in [3.05, 3.63) is 151 Å². The second-order valence-electron chi connectivity index (χ2n) is 38.6. The van der Waals surface area contributed by atoms with Crippen molar-refractivity contribution in [1.82, 2.24) is 0 Å². The predicted octanol–water partition coefficient (Wildman–Crippen LogP) is 28.8. The number of carbonyl (C=O) groups is 6. The molecule has 0 fully saturated rings. The molecular formula is C111H214O22S. The fourth-order valence-electron chi connectivity index (χ4n) is 13.1. The van der Waals surface area contributed by atoms with Crippen LogP contribution in [0, 0.1) is 136 Å². The highest BCUT2D eigenvalue weighted by Gasteiger charge is 2.29. The number of aliphatic hydroxyl groups is 9. The largest absolute Gasteiger partial charge is 0.513 e. The van der Waals surface area contributed by atoms with Gasteiger partial charge in [-0.05, 0) is 203 Å². The molecule has 0 heterocycles. The van der Waals surface area contributed by atoms with E-state index in [1.165, 1.54) is 12.5 Å². The monoisotopic (exact) mass is 1930 g/mol. The molecule has 0 spiro atoms. The summed E-state index contributed by atoms with van der Waals surface area (Å²) >= 11 is 1.81. The number of phenolic OH excluding ortho intramolecular Hbond substituents is 1. The SMILES string of the molecule is C.C.C.C.C.C.C=C(O)C(C)C(C)C.C=C(O)C(CCC(=O)O)C(C)C.C=C(O)C(CCSC)C(C)C.C=C(O)C(CO)C(C)C.CC(C)C(C(=O)O)C(C)C.CC(C)C(C(=O)O)C(C)O.CC(C)C(Cc1ccc(O)cc1)C(=O)O.CC(C)C(Cc1ccccc1)C(=O)O.CC(C)C(c1ccccc1)C(C)O.CC(C)CC(C(=O)O)C(C)C.CC(C)CC(C)O.CC(C)CCC(C)O. The molecule has 16 N–H and O–H groups in total. The van der Waals surface area contributed by atoms with Gasteiger partial charge in [0.1, 0.15) is 5.75 Å². The van der Waals surface area contributed by atoms with E-state index in [-0.39, 0.29) is 194 Å². The van der Waals surface area contributed by atoms with Gasteiger partial charge in [-0.3, -0.25) is 28.8 Å². The molecule has 0 amide bonds.